The molecule has 0 spiro atoms. The van der Waals surface area contributed by atoms with Crippen molar-refractivity contribution in [1.29, 1.82) is 0 Å². The maximum Gasteiger partial charge on any atom is 0.241 e. The van der Waals surface area contributed by atoms with Gasteiger partial charge >= 0.3 is 0 Å². The Morgan fingerprint density at radius 3 is 2.52 bits per heavy atom. The number of halogens is 1. The quantitative estimate of drug-likeness (QED) is 0.240. The molecule has 0 unspecified atom stereocenters. The number of nitrogens with zero attached hydrogens (tertiary/aromatic N) is 1. The second-order valence-electron chi connectivity index (χ2n) is 7.58. The number of hydrogen-bond donors (Lipinski definition) is 3. The molecule has 0 bridgehead atoms. The molecule has 0 aromatic heterocycles. The lowest BCUT2D eigenvalue weighted by molar-refractivity contribution is -0.119. The van der Waals surface area contributed by atoms with Gasteiger partial charge in [0.1, 0.15) is 6.54 Å². The summed E-state index contributed by atoms with van der Waals surface area (Å²) in [7, 11) is 1.76. The van der Waals surface area contributed by atoms with Crippen LogP contribution >= 0.6 is 24.0 Å². The van der Waals surface area contributed by atoms with E-state index >= 15 is 0 Å². The molecule has 29 heavy (non-hydrogen) atoms. The van der Waals surface area contributed by atoms with Crippen LogP contribution in [0.15, 0.2) is 35.3 Å². The maximum absolute atomic E-state index is 12.1. The number of nitrogens with one attached hydrogen (secondary N) is 3. The van der Waals surface area contributed by atoms with Crippen LogP contribution in [0.1, 0.15) is 44.6 Å². The standard InChI is InChI=1S/C22H36N4O2.HI/c1-3-23-21(26-18-22(14-16-28-2)12-7-8-13-22)25-17-20(27)24-15-11-19-9-5-4-6-10-19;/h4-6,9-10H,3,7-8,11-18H2,1-2H3,(H,24,27)(H2,23,25,26);1H. The van der Waals surface area contributed by atoms with E-state index in [9.17, 15) is 4.79 Å². The first kappa shape index (κ1) is 25.7. The highest BCUT2D eigenvalue weighted by Crippen LogP contribution is 2.40. The van der Waals surface area contributed by atoms with Crippen LogP contribution in [0.2, 0.25) is 0 Å². The Hall–Kier alpha value is -1.35. The minimum absolute atomic E-state index is 0. The van der Waals surface area contributed by atoms with Gasteiger partial charge < -0.3 is 20.7 Å². The van der Waals surface area contributed by atoms with E-state index in [4.69, 9.17) is 4.74 Å². The van der Waals surface area contributed by atoms with Gasteiger partial charge in [-0.05, 0) is 43.6 Å². The summed E-state index contributed by atoms with van der Waals surface area (Å²) in [4.78, 5) is 16.6. The molecule has 1 aromatic carbocycles. The fourth-order valence-electron chi connectivity index (χ4n) is 3.77. The highest BCUT2D eigenvalue weighted by molar-refractivity contribution is 14.0. The molecule has 3 N–H and O–H groups in total. The summed E-state index contributed by atoms with van der Waals surface area (Å²) >= 11 is 0. The first-order valence-corrected chi connectivity index (χ1v) is 10.5. The Kier molecular flexibility index (Phi) is 12.9. The van der Waals surface area contributed by atoms with Crippen molar-refractivity contribution >= 4 is 35.8 Å². The summed E-state index contributed by atoms with van der Waals surface area (Å²) < 4.78 is 5.30. The molecule has 1 aliphatic rings. The highest BCUT2D eigenvalue weighted by atomic mass is 127. The highest BCUT2D eigenvalue weighted by Gasteiger charge is 2.33. The van der Waals surface area contributed by atoms with Crippen molar-refractivity contribution < 1.29 is 9.53 Å². The minimum Gasteiger partial charge on any atom is -0.385 e. The van der Waals surface area contributed by atoms with Crippen molar-refractivity contribution in [2.24, 2.45) is 10.4 Å². The average Bonchev–Trinajstić information content (AvgIpc) is 3.18. The summed E-state index contributed by atoms with van der Waals surface area (Å²) in [6.45, 7) is 5.23. The number of amides is 1. The largest absolute Gasteiger partial charge is 0.385 e. The van der Waals surface area contributed by atoms with Crippen molar-refractivity contribution in [3.63, 3.8) is 0 Å². The van der Waals surface area contributed by atoms with Gasteiger partial charge in [0, 0.05) is 33.4 Å². The van der Waals surface area contributed by atoms with Crippen molar-refractivity contribution in [2.75, 3.05) is 39.9 Å². The van der Waals surface area contributed by atoms with Gasteiger partial charge in [0.2, 0.25) is 5.91 Å². The van der Waals surface area contributed by atoms with Gasteiger partial charge in [-0.15, -0.1) is 24.0 Å². The Bertz CT molecular complexity index is 604. The second kappa shape index (κ2) is 14.6. The predicted molar refractivity (Wildman–Crippen MR) is 130 cm³/mol. The monoisotopic (exact) mass is 516 g/mol. The lowest BCUT2D eigenvalue weighted by Crippen LogP contribution is -2.44. The molecule has 7 heteroatoms. The van der Waals surface area contributed by atoms with E-state index in [2.05, 4.69) is 33.1 Å². The van der Waals surface area contributed by atoms with Gasteiger partial charge in [-0.3, -0.25) is 4.79 Å². The number of carbonyl (C=O) groups excluding carboxylic acids is 1. The molecular weight excluding hydrogens is 479 g/mol. The third-order valence-corrected chi connectivity index (χ3v) is 5.44. The topological polar surface area (TPSA) is 74.8 Å². The molecular formula is C22H37IN4O2. The number of aliphatic imine (C=N–C) groups is 1. The summed E-state index contributed by atoms with van der Waals surface area (Å²) in [6.07, 6.45) is 6.91. The van der Waals surface area contributed by atoms with Crippen LogP contribution in [0.5, 0.6) is 0 Å². The van der Waals surface area contributed by atoms with Gasteiger partial charge in [-0.1, -0.05) is 43.2 Å². The Labute approximate surface area is 192 Å². The molecule has 0 saturated heterocycles. The molecule has 1 aromatic rings. The molecule has 1 saturated carbocycles. The smallest absolute Gasteiger partial charge is 0.241 e. The van der Waals surface area contributed by atoms with Gasteiger partial charge in [0.25, 0.3) is 0 Å². The molecule has 6 nitrogen and oxygen atoms in total. The number of rotatable bonds is 11. The number of hydrogen-bond acceptors (Lipinski definition) is 3. The molecule has 1 fully saturated rings. The van der Waals surface area contributed by atoms with Crippen molar-refractivity contribution in [1.82, 2.24) is 16.0 Å². The normalized spacial score (nSPS) is 15.4. The molecule has 164 valence electrons. The number of carbonyl (C=O) groups is 1. The lowest BCUT2D eigenvalue weighted by Gasteiger charge is -2.30. The molecule has 1 amide bonds. The molecule has 1 aliphatic carbocycles. The minimum atomic E-state index is -0.0527. The van der Waals surface area contributed by atoms with E-state index in [1.165, 1.54) is 31.2 Å². The van der Waals surface area contributed by atoms with Gasteiger partial charge in [-0.2, -0.15) is 0 Å². The van der Waals surface area contributed by atoms with Crippen molar-refractivity contribution in [3.05, 3.63) is 35.9 Å². The molecule has 0 aliphatic heterocycles. The van der Waals surface area contributed by atoms with E-state index in [0.29, 0.717) is 12.5 Å². The van der Waals surface area contributed by atoms with E-state index < -0.39 is 0 Å². The predicted octanol–water partition coefficient (Wildman–Crippen LogP) is 3.12. The first-order valence-electron chi connectivity index (χ1n) is 10.5. The third kappa shape index (κ3) is 9.80. The van der Waals surface area contributed by atoms with Gasteiger partial charge in [0.05, 0.1) is 0 Å². The molecule has 0 radical (unpaired) electrons. The number of methoxy groups -OCH3 is 1. The molecule has 2 rings (SSSR count). The third-order valence-electron chi connectivity index (χ3n) is 5.44. The summed E-state index contributed by atoms with van der Waals surface area (Å²) in [5.74, 6) is 0.660. The van der Waals surface area contributed by atoms with Crippen LogP contribution in [0.4, 0.5) is 0 Å². The Balaban J connectivity index is 0.00000420. The fraction of sp³-hybridized carbons (Fsp3) is 0.636. The average molecular weight is 516 g/mol. The van der Waals surface area contributed by atoms with Crippen molar-refractivity contribution in [2.45, 2.75) is 45.4 Å². The van der Waals surface area contributed by atoms with Crippen molar-refractivity contribution in [3.8, 4) is 0 Å². The second-order valence-corrected chi connectivity index (χ2v) is 7.58. The summed E-state index contributed by atoms with van der Waals surface area (Å²) in [5.41, 5.74) is 1.50. The van der Waals surface area contributed by atoms with Crippen LogP contribution < -0.4 is 16.0 Å². The van der Waals surface area contributed by atoms with Crippen LogP contribution in [0.25, 0.3) is 0 Å². The van der Waals surface area contributed by atoms with E-state index in [-0.39, 0.29) is 41.8 Å². The van der Waals surface area contributed by atoms with Crippen LogP contribution in [0.3, 0.4) is 0 Å². The lowest BCUT2D eigenvalue weighted by atomic mass is 9.83. The molecule has 0 atom stereocenters. The van der Waals surface area contributed by atoms with E-state index in [0.717, 1.165) is 32.5 Å². The van der Waals surface area contributed by atoms with Crippen LogP contribution in [-0.2, 0) is 16.0 Å². The number of benzene rings is 1. The SMILES string of the molecule is CCNC(=NCC(=O)NCCc1ccccc1)NCC1(CCOC)CCCC1.I. The Morgan fingerprint density at radius 2 is 1.86 bits per heavy atom. The zero-order valence-electron chi connectivity index (χ0n) is 17.8. The zero-order chi connectivity index (χ0) is 20.1. The van der Waals surface area contributed by atoms with E-state index in [1.807, 2.05) is 25.1 Å². The van der Waals surface area contributed by atoms with Gasteiger partial charge in [-0.25, -0.2) is 4.99 Å². The van der Waals surface area contributed by atoms with Crippen LogP contribution in [0, 0.1) is 5.41 Å². The number of ether oxygens (including phenoxy) is 1. The Morgan fingerprint density at radius 1 is 1.14 bits per heavy atom. The van der Waals surface area contributed by atoms with Crippen LogP contribution in [-0.4, -0.2) is 51.8 Å². The summed E-state index contributed by atoms with van der Waals surface area (Å²) in [6, 6.07) is 10.2. The van der Waals surface area contributed by atoms with E-state index in [1.54, 1.807) is 7.11 Å². The maximum atomic E-state index is 12.1. The first-order chi connectivity index (χ1) is 13.7. The van der Waals surface area contributed by atoms with Gasteiger partial charge in [0.15, 0.2) is 5.96 Å². The number of guanidine groups is 1. The zero-order valence-corrected chi connectivity index (χ0v) is 20.2. The fourth-order valence-corrected chi connectivity index (χ4v) is 3.77. The summed E-state index contributed by atoms with van der Waals surface area (Å²) in [5, 5.41) is 9.64. The molecule has 0 heterocycles.